The molecule has 0 saturated heterocycles. The van der Waals surface area contributed by atoms with Gasteiger partial charge in [-0.25, -0.2) is 9.78 Å². The highest BCUT2D eigenvalue weighted by Gasteiger charge is 2.32. The summed E-state index contributed by atoms with van der Waals surface area (Å²) < 4.78 is 56.8. The molecule has 0 radical (unpaired) electrons. The molecule has 0 aliphatic heterocycles. The maximum atomic E-state index is 13.1. The fraction of sp³-hybridized carbons (Fsp3) is 0.615. The molecule has 1 heterocycles. The quantitative estimate of drug-likeness (QED) is 0.394. The summed E-state index contributed by atoms with van der Waals surface area (Å²) in [6.07, 6.45) is -0.517. The number of nitrogens with zero attached hydrogens (tertiary/aromatic N) is 1. The smallest absolute Gasteiger partial charge is 0.416 e. The third-order valence-electron chi connectivity index (χ3n) is 6.37. The van der Waals surface area contributed by atoms with Gasteiger partial charge in [-0.3, -0.25) is 0 Å². The first-order chi connectivity index (χ1) is 16.4. The number of oxazole rings is 1. The number of hydrogen-bond acceptors (Lipinski definition) is 5. The van der Waals surface area contributed by atoms with E-state index in [0.717, 1.165) is 37.8 Å². The maximum absolute atomic E-state index is 13.1. The van der Waals surface area contributed by atoms with Crippen molar-refractivity contribution in [3.8, 4) is 11.5 Å². The highest BCUT2D eigenvalue weighted by atomic mass is 19.4. The summed E-state index contributed by atoms with van der Waals surface area (Å²) in [4.78, 5) is 15.7. The van der Waals surface area contributed by atoms with E-state index in [1.165, 1.54) is 6.07 Å². The number of hydrogen-bond donors (Lipinski definition) is 1. The molecule has 0 spiro atoms. The van der Waals surface area contributed by atoms with E-state index in [9.17, 15) is 23.1 Å². The molecule has 1 aliphatic rings. The summed E-state index contributed by atoms with van der Waals surface area (Å²) in [5.74, 6) is 0.364. The molecule has 1 saturated carbocycles. The molecular weight excluding hydrogens is 463 g/mol. The monoisotopic (exact) mass is 497 g/mol. The summed E-state index contributed by atoms with van der Waals surface area (Å²) in [5.41, 5.74) is -1.10. The van der Waals surface area contributed by atoms with E-state index >= 15 is 0 Å². The molecule has 3 rings (SSSR count). The molecular formula is C26H34F3NO5. The second-order valence-corrected chi connectivity index (χ2v) is 10.1. The van der Waals surface area contributed by atoms with Crippen LogP contribution in [0.15, 0.2) is 28.7 Å². The van der Waals surface area contributed by atoms with Crippen molar-refractivity contribution >= 4 is 5.97 Å². The molecule has 1 aromatic carbocycles. The Bertz CT molecular complexity index is 999. The van der Waals surface area contributed by atoms with Gasteiger partial charge in [-0.15, -0.1) is 0 Å². The predicted octanol–water partition coefficient (Wildman–Crippen LogP) is 6.69. The Morgan fingerprint density at radius 1 is 1.20 bits per heavy atom. The van der Waals surface area contributed by atoms with Crippen LogP contribution < -0.4 is 0 Å². The average molecular weight is 498 g/mol. The van der Waals surface area contributed by atoms with E-state index < -0.39 is 23.3 Å². The van der Waals surface area contributed by atoms with Crippen molar-refractivity contribution in [2.24, 2.45) is 11.8 Å². The molecule has 1 aliphatic carbocycles. The van der Waals surface area contributed by atoms with Crippen LogP contribution in [0.5, 0.6) is 0 Å². The molecule has 9 heteroatoms. The molecule has 194 valence electrons. The lowest BCUT2D eigenvalue weighted by Gasteiger charge is -2.31. The largest absolute Gasteiger partial charge is 0.479 e. The highest BCUT2D eigenvalue weighted by Crippen LogP contribution is 2.34. The van der Waals surface area contributed by atoms with Crippen LogP contribution in [0.4, 0.5) is 13.2 Å². The van der Waals surface area contributed by atoms with Crippen LogP contribution in [0.2, 0.25) is 0 Å². The van der Waals surface area contributed by atoms with E-state index in [4.69, 9.17) is 13.9 Å². The van der Waals surface area contributed by atoms with E-state index in [-0.39, 0.29) is 29.9 Å². The lowest BCUT2D eigenvalue weighted by atomic mass is 9.82. The van der Waals surface area contributed by atoms with Gasteiger partial charge >= 0.3 is 12.1 Å². The zero-order chi connectivity index (χ0) is 25.8. The van der Waals surface area contributed by atoms with Gasteiger partial charge in [0.05, 0.1) is 18.8 Å². The molecule has 0 bridgehead atoms. The summed E-state index contributed by atoms with van der Waals surface area (Å²) in [7, 11) is 0. The first kappa shape index (κ1) is 27.2. The molecule has 6 nitrogen and oxygen atoms in total. The zero-order valence-electron chi connectivity index (χ0n) is 20.7. The Labute approximate surface area is 203 Å². The van der Waals surface area contributed by atoms with Crippen LogP contribution in [-0.2, 0) is 27.1 Å². The molecule has 35 heavy (non-hydrogen) atoms. The van der Waals surface area contributed by atoms with Crippen molar-refractivity contribution in [1.82, 2.24) is 4.98 Å². The Morgan fingerprint density at radius 2 is 1.89 bits per heavy atom. The molecule has 1 fully saturated rings. The Kier molecular flexibility index (Phi) is 8.64. The number of carboxylic acid groups (broad SMARTS) is 1. The standard InChI is InChI=1S/C26H34F3NO5/c1-16(2)22-21(30-23(35-22)19-9-6-10-20(12-19)26(27,28)29)15-33-13-17-7-5-8-18(11-17)14-34-25(3,4)24(31)32/h6,9-10,12,16-18H,5,7-8,11,13-15H2,1-4H3,(H,31,32)/t17-,18?/m0/s1. The number of aliphatic carboxylic acids is 1. The first-order valence-corrected chi connectivity index (χ1v) is 12.0. The highest BCUT2D eigenvalue weighted by molar-refractivity contribution is 5.76. The minimum absolute atomic E-state index is 0.00514. The first-order valence-electron chi connectivity index (χ1n) is 12.0. The van der Waals surface area contributed by atoms with Crippen molar-refractivity contribution in [2.75, 3.05) is 13.2 Å². The van der Waals surface area contributed by atoms with E-state index in [1.54, 1.807) is 19.9 Å². The Hall–Kier alpha value is -2.39. The van der Waals surface area contributed by atoms with Gasteiger partial charge in [-0.2, -0.15) is 13.2 Å². The zero-order valence-corrected chi connectivity index (χ0v) is 20.7. The second kappa shape index (κ2) is 11.1. The van der Waals surface area contributed by atoms with Gasteiger partial charge in [0, 0.05) is 18.1 Å². The number of alkyl halides is 3. The van der Waals surface area contributed by atoms with Crippen molar-refractivity contribution in [3.63, 3.8) is 0 Å². The SMILES string of the molecule is CC(C)c1oc(-c2cccc(C(F)(F)F)c2)nc1COC[C@H]1CCCC(COC(C)(C)C(=O)O)C1. The predicted molar refractivity (Wildman–Crippen MR) is 124 cm³/mol. The van der Waals surface area contributed by atoms with Crippen LogP contribution in [-0.4, -0.2) is 34.9 Å². The number of ether oxygens (including phenoxy) is 2. The van der Waals surface area contributed by atoms with E-state index in [1.807, 2.05) is 13.8 Å². The molecule has 2 atom stereocenters. The number of carboxylic acids is 1. The van der Waals surface area contributed by atoms with Crippen molar-refractivity contribution < 1.29 is 37.0 Å². The summed E-state index contributed by atoms with van der Waals surface area (Å²) in [5, 5.41) is 9.22. The van der Waals surface area contributed by atoms with Crippen LogP contribution in [0.1, 0.15) is 76.3 Å². The number of benzene rings is 1. The number of rotatable bonds is 10. The fourth-order valence-corrected chi connectivity index (χ4v) is 4.29. The van der Waals surface area contributed by atoms with Gasteiger partial charge in [0.25, 0.3) is 0 Å². The summed E-state index contributed by atoms with van der Waals surface area (Å²) >= 11 is 0. The fourth-order valence-electron chi connectivity index (χ4n) is 4.29. The molecule has 1 aromatic heterocycles. The Morgan fingerprint density at radius 3 is 2.51 bits per heavy atom. The van der Waals surface area contributed by atoms with Gasteiger partial charge in [-0.05, 0) is 63.1 Å². The van der Waals surface area contributed by atoms with Crippen LogP contribution in [0, 0.1) is 11.8 Å². The van der Waals surface area contributed by atoms with Crippen LogP contribution in [0.3, 0.4) is 0 Å². The van der Waals surface area contributed by atoms with Gasteiger partial charge in [-0.1, -0.05) is 26.3 Å². The van der Waals surface area contributed by atoms with Gasteiger partial charge in [0.15, 0.2) is 5.60 Å². The average Bonchev–Trinajstić information content (AvgIpc) is 3.22. The minimum Gasteiger partial charge on any atom is -0.479 e. The summed E-state index contributed by atoms with van der Waals surface area (Å²) in [6.45, 7) is 8.10. The topological polar surface area (TPSA) is 81.8 Å². The van der Waals surface area contributed by atoms with Crippen molar-refractivity contribution in [1.29, 1.82) is 0 Å². The number of halogens is 3. The van der Waals surface area contributed by atoms with Crippen LogP contribution in [0.25, 0.3) is 11.5 Å². The molecule has 2 aromatic rings. The maximum Gasteiger partial charge on any atom is 0.416 e. The van der Waals surface area contributed by atoms with Gasteiger partial charge in [0.2, 0.25) is 5.89 Å². The molecule has 1 unspecified atom stereocenters. The lowest BCUT2D eigenvalue weighted by molar-refractivity contribution is -0.163. The van der Waals surface area contributed by atoms with E-state index in [0.29, 0.717) is 30.6 Å². The van der Waals surface area contributed by atoms with Crippen molar-refractivity contribution in [2.45, 2.75) is 77.7 Å². The van der Waals surface area contributed by atoms with Gasteiger partial charge in [0.1, 0.15) is 11.5 Å². The molecule has 0 amide bonds. The summed E-state index contributed by atoms with van der Waals surface area (Å²) in [6, 6.07) is 4.95. The third-order valence-corrected chi connectivity index (χ3v) is 6.37. The normalized spacial score (nSPS) is 19.3. The minimum atomic E-state index is -4.44. The van der Waals surface area contributed by atoms with Crippen molar-refractivity contribution in [3.05, 3.63) is 41.3 Å². The van der Waals surface area contributed by atoms with Crippen LogP contribution >= 0.6 is 0 Å². The lowest BCUT2D eigenvalue weighted by Crippen LogP contribution is -2.37. The number of carbonyl (C=O) groups is 1. The Balaban J connectivity index is 1.60. The van der Waals surface area contributed by atoms with E-state index in [2.05, 4.69) is 4.98 Å². The second-order valence-electron chi connectivity index (χ2n) is 10.1. The third kappa shape index (κ3) is 7.30. The van der Waals surface area contributed by atoms with Gasteiger partial charge < -0.3 is 19.0 Å². The molecule has 1 N–H and O–H groups in total. The number of aromatic nitrogens is 1.